The Bertz CT molecular complexity index is 2060. The van der Waals surface area contributed by atoms with Crippen molar-refractivity contribution in [2.75, 3.05) is 52.4 Å². The zero-order valence-electron chi connectivity index (χ0n) is 41.5. The van der Waals surface area contributed by atoms with Crippen molar-refractivity contribution in [3.8, 4) is 22.3 Å². The van der Waals surface area contributed by atoms with Crippen molar-refractivity contribution in [2.24, 2.45) is 0 Å². The Morgan fingerprint density at radius 1 is 0.364 bits per heavy atom. The highest BCUT2D eigenvalue weighted by atomic mass is 15.2. The van der Waals surface area contributed by atoms with E-state index in [-0.39, 0.29) is 0 Å². The molecule has 66 heavy (non-hydrogen) atoms. The summed E-state index contributed by atoms with van der Waals surface area (Å²) >= 11 is 0. The van der Waals surface area contributed by atoms with E-state index < -0.39 is 0 Å². The number of hydrogen-bond donors (Lipinski definition) is 1. The summed E-state index contributed by atoms with van der Waals surface area (Å²) in [6.45, 7) is 37.6. The fraction of sp³-hybridized carbons (Fsp3) is 0.467. The van der Waals surface area contributed by atoms with Crippen molar-refractivity contribution in [1.29, 1.82) is 0 Å². The third-order valence-corrected chi connectivity index (χ3v) is 12.4. The maximum Gasteiger partial charge on any atom is 0.187 e. The molecular weight excluding hydrogens is 805 g/mol. The number of rotatable bonds is 30. The van der Waals surface area contributed by atoms with Gasteiger partial charge in [0, 0.05) is 45.8 Å². The van der Waals surface area contributed by atoms with E-state index in [0.29, 0.717) is 11.4 Å². The van der Waals surface area contributed by atoms with Crippen molar-refractivity contribution in [3.63, 3.8) is 0 Å². The van der Waals surface area contributed by atoms with E-state index in [4.69, 9.17) is 13.1 Å². The maximum absolute atomic E-state index is 7.18. The number of nitrogens with zero attached hydrogens (tertiary/aromatic N) is 5. The molecule has 0 radical (unpaired) electrons. The Kier molecular flexibility index (Phi) is 26.4. The van der Waals surface area contributed by atoms with Crippen molar-refractivity contribution in [1.82, 2.24) is 20.0 Å². The molecule has 0 unspecified atom stereocenters. The first kappa shape index (κ1) is 53.5. The number of nitrogens with one attached hydrogen (secondary N) is 1. The highest BCUT2D eigenvalue weighted by molar-refractivity contribution is 5.67. The van der Waals surface area contributed by atoms with E-state index >= 15 is 0 Å². The van der Waals surface area contributed by atoms with E-state index in [1.807, 2.05) is 48.5 Å². The van der Waals surface area contributed by atoms with E-state index in [1.54, 1.807) is 0 Å². The van der Waals surface area contributed by atoms with Crippen LogP contribution < -0.4 is 5.32 Å². The highest BCUT2D eigenvalue weighted by Crippen LogP contribution is 2.25. The van der Waals surface area contributed by atoms with Gasteiger partial charge in [0.2, 0.25) is 0 Å². The molecule has 0 aliphatic carbocycles. The average Bonchev–Trinajstić information content (AvgIpc) is 3.36. The summed E-state index contributed by atoms with van der Waals surface area (Å²) in [6.07, 6.45) is 15.2. The largest absolute Gasteiger partial charge is 0.311 e. The Morgan fingerprint density at radius 2 is 0.712 bits per heavy atom. The fourth-order valence-corrected chi connectivity index (χ4v) is 8.15. The third-order valence-electron chi connectivity index (χ3n) is 12.4. The van der Waals surface area contributed by atoms with Gasteiger partial charge in [-0.1, -0.05) is 194 Å². The molecule has 352 valence electrons. The zero-order valence-corrected chi connectivity index (χ0v) is 41.5. The van der Waals surface area contributed by atoms with Gasteiger partial charge in [-0.05, 0) is 109 Å². The van der Waals surface area contributed by atoms with Crippen LogP contribution in [-0.2, 0) is 26.1 Å². The molecule has 0 spiro atoms. The lowest BCUT2D eigenvalue weighted by atomic mass is 10.0. The normalized spacial score (nSPS) is 11.1. The Hall–Kier alpha value is -5.08. The molecule has 5 aromatic rings. The van der Waals surface area contributed by atoms with Crippen molar-refractivity contribution in [2.45, 2.75) is 131 Å². The molecule has 0 aliphatic rings. The van der Waals surface area contributed by atoms with Crippen LogP contribution in [-0.4, -0.2) is 67.1 Å². The molecule has 0 bridgehead atoms. The van der Waals surface area contributed by atoms with Gasteiger partial charge in [0.05, 0.1) is 13.1 Å². The summed E-state index contributed by atoms with van der Waals surface area (Å²) in [4.78, 5) is 14.8. The molecule has 0 aliphatic heterocycles. The molecule has 6 nitrogen and oxygen atoms in total. The lowest BCUT2D eigenvalue weighted by molar-refractivity contribution is 0.189. The minimum Gasteiger partial charge on any atom is -0.311 e. The van der Waals surface area contributed by atoms with Crippen LogP contribution in [0.2, 0.25) is 0 Å². The van der Waals surface area contributed by atoms with E-state index in [1.165, 1.54) is 137 Å². The Morgan fingerprint density at radius 3 is 1.12 bits per heavy atom. The Balaban J connectivity index is 0.000000309. The molecule has 0 saturated carbocycles. The minimum atomic E-state index is 0.687. The molecule has 0 aromatic heterocycles. The fourth-order valence-electron chi connectivity index (χ4n) is 8.15. The average molecular weight is 887 g/mol. The van der Waals surface area contributed by atoms with Crippen LogP contribution in [0.4, 0.5) is 11.4 Å². The number of benzene rings is 5. The van der Waals surface area contributed by atoms with Crippen LogP contribution in [0.1, 0.15) is 128 Å². The van der Waals surface area contributed by atoms with Gasteiger partial charge in [-0.15, -0.1) is 0 Å². The van der Waals surface area contributed by atoms with Crippen LogP contribution in [0.3, 0.4) is 0 Å². The SMILES string of the molecule is [C-]#[N+]c1ccc(-c2ccc(CN(CCN(CCCC)CCCC)Cc3ccc(CCCCC)cc3)cc2)cc1.[C-]#[N+]c1ccc(-c2ccc(CNCCN(CCCC)CCCC)cc2)cc1. The summed E-state index contributed by atoms with van der Waals surface area (Å²) in [5.74, 6) is 0. The van der Waals surface area contributed by atoms with E-state index in [9.17, 15) is 0 Å². The second-order valence-corrected chi connectivity index (χ2v) is 18.0. The third kappa shape index (κ3) is 20.6. The first-order chi connectivity index (χ1) is 32.4. The second kappa shape index (κ2) is 32.6. The quantitative estimate of drug-likeness (QED) is 0.0368. The molecule has 0 heterocycles. The minimum absolute atomic E-state index is 0.687. The van der Waals surface area contributed by atoms with Gasteiger partial charge in [0.15, 0.2) is 11.4 Å². The summed E-state index contributed by atoms with van der Waals surface area (Å²) in [5.41, 5.74) is 11.6. The standard InChI is InChI=1S/C36H49N3.C24H33N3/c1-5-8-11-12-31-13-15-32(16-14-31)29-39(28-27-38(25-9-6-2)26-10-7-3)30-33-17-19-34(20-18-33)35-21-23-36(37-4)24-22-35;1-4-6-17-27(18-7-5-2)19-16-26-20-21-8-10-22(11-9-21)23-12-14-24(25-3)15-13-23/h13-24H,5-12,25-30H2,1-3H3;8-15,26H,4-7,16-20H2,1-2H3. The van der Waals surface area contributed by atoms with E-state index in [0.717, 1.165) is 56.9 Å². The van der Waals surface area contributed by atoms with Crippen molar-refractivity contribution < 1.29 is 0 Å². The van der Waals surface area contributed by atoms with Gasteiger partial charge < -0.3 is 15.1 Å². The van der Waals surface area contributed by atoms with Crippen LogP contribution in [0.5, 0.6) is 0 Å². The molecule has 0 amide bonds. The molecule has 0 saturated heterocycles. The Labute approximate surface area is 402 Å². The lowest BCUT2D eigenvalue weighted by Crippen LogP contribution is -2.36. The van der Waals surface area contributed by atoms with E-state index in [2.05, 4.69) is 137 Å². The molecule has 1 N–H and O–H groups in total. The van der Waals surface area contributed by atoms with Crippen LogP contribution in [0.15, 0.2) is 121 Å². The predicted octanol–water partition coefficient (Wildman–Crippen LogP) is 15.4. The first-order valence-electron chi connectivity index (χ1n) is 25.5. The first-order valence-corrected chi connectivity index (χ1v) is 25.5. The summed E-state index contributed by atoms with van der Waals surface area (Å²) in [5, 5.41) is 3.58. The number of aryl methyl sites for hydroxylation is 1. The molecular formula is C60H82N6. The van der Waals surface area contributed by atoms with Gasteiger partial charge in [-0.3, -0.25) is 4.90 Å². The van der Waals surface area contributed by atoms with Gasteiger partial charge in [0.1, 0.15) is 0 Å². The molecule has 0 atom stereocenters. The van der Waals surface area contributed by atoms with Crippen LogP contribution >= 0.6 is 0 Å². The summed E-state index contributed by atoms with van der Waals surface area (Å²) in [7, 11) is 0. The van der Waals surface area contributed by atoms with Gasteiger partial charge in [0.25, 0.3) is 0 Å². The smallest absolute Gasteiger partial charge is 0.187 e. The molecule has 5 aromatic carbocycles. The van der Waals surface area contributed by atoms with Crippen molar-refractivity contribution in [3.05, 3.63) is 166 Å². The van der Waals surface area contributed by atoms with Crippen molar-refractivity contribution >= 4 is 11.4 Å². The van der Waals surface area contributed by atoms with Gasteiger partial charge in [-0.25, -0.2) is 9.69 Å². The maximum atomic E-state index is 7.18. The number of unbranched alkanes of at least 4 members (excludes halogenated alkanes) is 6. The molecule has 5 rings (SSSR count). The predicted molar refractivity (Wildman–Crippen MR) is 284 cm³/mol. The monoisotopic (exact) mass is 887 g/mol. The zero-order chi connectivity index (χ0) is 47.0. The summed E-state index contributed by atoms with van der Waals surface area (Å²) < 4.78 is 0. The highest BCUT2D eigenvalue weighted by Gasteiger charge is 2.12. The summed E-state index contributed by atoms with van der Waals surface area (Å²) in [6, 6.07) is 42.7. The van der Waals surface area contributed by atoms with Crippen LogP contribution in [0, 0.1) is 13.1 Å². The topological polar surface area (TPSA) is 30.5 Å². The lowest BCUT2D eigenvalue weighted by Gasteiger charge is -2.28. The second-order valence-electron chi connectivity index (χ2n) is 18.0. The molecule has 0 fully saturated rings. The van der Waals surface area contributed by atoms with Gasteiger partial charge >= 0.3 is 0 Å². The van der Waals surface area contributed by atoms with Crippen LogP contribution in [0.25, 0.3) is 31.9 Å². The number of hydrogen-bond acceptors (Lipinski definition) is 4. The molecule has 6 heteroatoms. The van der Waals surface area contributed by atoms with Gasteiger partial charge in [-0.2, -0.15) is 0 Å².